The summed E-state index contributed by atoms with van der Waals surface area (Å²) < 4.78 is 0. The van der Waals surface area contributed by atoms with E-state index in [1.54, 1.807) is 0 Å². The molecule has 0 bridgehead atoms. The molecule has 2 heteroatoms. The number of rotatable bonds is 0. The summed E-state index contributed by atoms with van der Waals surface area (Å²) in [5.41, 5.74) is 4.11. The lowest BCUT2D eigenvalue weighted by Gasteiger charge is -2.05. The molecule has 1 aliphatic carbocycles. The summed E-state index contributed by atoms with van der Waals surface area (Å²) >= 11 is 0. The lowest BCUT2D eigenvalue weighted by molar-refractivity contribution is 0.953. The summed E-state index contributed by atoms with van der Waals surface area (Å²) in [7, 11) is 0.699. The SMILES string of the molecule is C#Cc1c2c(nc3c[pH]cc13)C=CC(C)C=C2. The predicted octanol–water partition coefficient (Wildman–Crippen LogP) is 3.92. The minimum absolute atomic E-state index is 0.430. The van der Waals surface area contributed by atoms with E-state index in [-0.39, 0.29) is 0 Å². The van der Waals surface area contributed by atoms with E-state index >= 15 is 0 Å². The summed E-state index contributed by atoms with van der Waals surface area (Å²) in [6.07, 6.45) is 14.2. The maximum atomic E-state index is 5.67. The largest absolute Gasteiger partial charge is 0.247 e. The van der Waals surface area contributed by atoms with Gasteiger partial charge in [0, 0.05) is 16.5 Å². The zero-order valence-corrected chi connectivity index (χ0v) is 10.6. The summed E-state index contributed by atoms with van der Waals surface area (Å²) in [5.74, 6) is 7.60. The molecule has 0 saturated carbocycles. The zero-order chi connectivity index (χ0) is 11.8. The Bertz CT molecular complexity index is 683. The number of pyridine rings is 1. The predicted molar refractivity (Wildman–Crippen MR) is 76.4 cm³/mol. The number of nitrogens with zero attached hydrogens (tertiary/aromatic N) is 1. The maximum absolute atomic E-state index is 5.67. The third-order valence-corrected chi connectivity index (χ3v) is 3.94. The molecule has 2 atom stereocenters. The van der Waals surface area contributed by atoms with Crippen molar-refractivity contribution >= 4 is 31.2 Å². The van der Waals surface area contributed by atoms with Crippen LogP contribution >= 0.6 is 8.19 Å². The van der Waals surface area contributed by atoms with Gasteiger partial charge in [0.15, 0.2) is 0 Å². The van der Waals surface area contributed by atoms with Crippen molar-refractivity contribution in [2.45, 2.75) is 6.92 Å². The fraction of sp³-hybridized carbons (Fsp3) is 0.133. The normalized spacial score (nSPS) is 18.2. The Balaban J connectivity index is 2.41. The second-order valence-electron chi connectivity index (χ2n) is 4.26. The lowest BCUT2D eigenvalue weighted by atomic mass is 10.0. The van der Waals surface area contributed by atoms with Crippen LogP contribution in [0.4, 0.5) is 0 Å². The van der Waals surface area contributed by atoms with Crippen molar-refractivity contribution in [3.8, 4) is 12.3 Å². The zero-order valence-electron chi connectivity index (χ0n) is 9.57. The molecule has 82 valence electrons. The molecule has 1 aliphatic rings. The highest BCUT2D eigenvalue weighted by molar-refractivity contribution is 7.29. The molecular formula is C15H12NP. The second kappa shape index (κ2) is 3.91. The van der Waals surface area contributed by atoms with E-state index in [1.807, 2.05) is 0 Å². The van der Waals surface area contributed by atoms with Gasteiger partial charge in [-0.2, -0.15) is 0 Å². The highest BCUT2D eigenvalue weighted by atomic mass is 31.0. The van der Waals surface area contributed by atoms with E-state index < -0.39 is 0 Å². The molecule has 0 fully saturated rings. The highest BCUT2D eigenvalue weighted by Crippen LogP contribution is 2.30. The Morgan fingerprint density at radius 1 is 1.29 bits per heavy atom. The van der Waals surface area contributed by atoms with Crippen LogP contribution in [0.5, 0.6) is 0 Å². The average Bonchev–Trinajstić information content (AvgIpc) is 2.72. The van der Waals surface area contributed by atoms with E-state index in [0.29, 0.717) is 14.1 Å². The van der Waals surface area contributed by atoms with Gasteiger partial charge in [-0.15, -0.1) is 14.6 Å². The lowest BCUT2D eigenvalue weighted by Crippen LogP contribution is -1.92. The van der Waals surface area contributed by atoms with Crippen molar-refractivity contribution in [2.24, 2.45) is 5.92 Å². The van der Waals surface area contributed by atoms with Crippen LogP contribution in [-0.4, -0.2) is 4.98 Å². The molecule has 0 amide bonds. The summed E-state index contributed by atoms with van der Waals surface area (Å²) in [4.78, 5) is 4.68. The highest BCUT2D eigenvalue weighted by Gasteiger charge is 2.12. The van der Waals surface area contributed by atoms with E-state index in [1.165, 1.54) is 0 Å². The molecule has 2 aromatic rings. The van der Waals surface area contributed by atoms with Crippen LogP contribution < -0.4 is 0 Å². The van der Waals surface area contributed by atoms with E-state index in [9.17, 15) is 0 Å². The molecule has 0 aliphatic heterocycles. The number of allylic oxidation sites excluding steroid dienone is 2. The van der Waals surface area contributed by atoms with Gasteiger partial charge in [0.25, 0.3) is 0 Å². The minimum atomic E-state index is 0.430. The average molecular weight is 237 g/mol. The van der Waals surface area contributed by atoms with Crippen molar-refractivity contribution in [3.63, 3.8) is 0 Å². The summed E-state index contributed by atoms with van der Waals surface area (Å²) in [5, 5.41) is 1.14. The number of hydrogen-bond donors (Lipinski definition) is 0. The van der Waals surface area contributed by atoms with Crippen molar-refractivity contribution < 1.29 is 0 Å². The number of fused-ring (bicyclic) bond motifs is 2. The number of hydrogen-bond acceptors (Lipinski definition) is 1. The first-order valence-corrected chi connectivity index (χ1v) is 6.78. The first kappa shape index (κ1) is 10.4. The summed E-state index contributed by atoms with van der Waals surface area (Å²) in [6, 6.07) is 0. The van der Waals surface area contributed by atoms with Crippen LogP contribution in [0.1, 0.15) is 23.7 Å². The molecule has 0 aromatic carbocycles. The molecule has 0 radical (unpaired) electrons. The Morgan fingerprint density at radius 2 is 2.12 bits per heavy atom. The van der Waals surface area contributed by atoms with Crippen molar-refractivity contribution in [2.75, 3.05) is 0 Å². The van der Waals surface area contributed by atoms with Crippen LogP contribution in [0.3, 0.4) is 0 Å². The van der Waals surface area contributed by atoms with Crippen molar-refractivity contribution in [1.82, 2.24) is 4.98 Å². The fourth-order valence-electron chi connectivity index (χ4n) is 2.12. The van der Waals surface area contributed by atoms with Crippen LogP contribution in [-0.2, 0) is 0 Å². The molecule has 3 rings (SSSR count). The third kappa shape index (κ3) is 1.62. The maximum Gasteiger partial charge on any atom is 0.0762 e. The molecule has 0 N–H and O–H groups in total. The monoisotopic (exact) mass is 237 g/mol. The molecular weight excluding hydrogens is 225 g/mol. The van der Waals surface area contributed by atoms with Crippen molar-refractivity contribution in [1.29, 1.82) is 0 Å². The molecule has 2 aromatic heterocycles. The molecule has 0 spiro atoms. The molecule has 2 heterocycles. The smallest absolute Gasteiger partial charge is 0.0762 e. The van der Waals surface area contributed by atoms with Crippen molar-refractivity contribution in [3.05, 3.63) is 40.6 Å². The van der Waals surface area contributed by atoms with Gasteiger partial charge in [-0.1, -0.05) is 31.1 Å². The molecule has 2 unspecified atom stereocenters. The Labute approximate surface area is 102 Å². The van der Waals surface area contributed by atoms with Gasteiger partial charge in [0.1, 0.15) is 0 Å². The molecule has 1 nitrogen and oxygen atoms in total. The van der Waals surface area contributed by atoms with Crippen LogP contribution in [0.15, 0.2) is 23.7 Å². The first-order chi connectivity index (χ1) is 8.29. The molecule has 0 saturated heterocycles. The Kier molecular flexibility index (Phi) is 2.39. The summed E-state index contributed by atoms with van der Waals surface area (Å²) in [6.45, 7) is 2.15. The van der Waals surface area contributed by atoms with Gasteiger partial charge in [-0.25, -0.2) is 4.98 Å². The van der Waals surface area contributed by atoms with Gasteiger partial charge in [0.05, 0.1) is 11.2 Å². The fourth-order valence-corrected chi connectivity index (χ4v) is 3.04. The molecule has 17 heavy (non-hydrogen) atoms. The van der Waals surface area contributed by atoms with Crippen LogP contribution in [0.2, 0.25) is 0 Å². The van der Waals surface area contributed by atoms with Gasteiger partial charge in [-0.3, -0.25) is 0 Å². The topological polar surface area (TPSA) is 12.9 Å². The van der Waals surface area contributed by atoms with Gasteiger partial charge in [-0.05, 0) is 23.6 Å². The number of aromatic nitrogens is 1. The standard InChI is InChI=1S/C15H12NP/c1-3-11-12-6-4-10(2)5-7-14(12)16-15-9-17-8-13(11)15/h1,4-10,17H,2H3. The Hall–Kier alpha value is -1.77. The number of terminal acetylenes is 1. The van der Waals surface area contributed by atoms with Gasteiger partial charge >= 0.3 is 0 Å². The quantitative estimate of drug-likeness (QED) is 0.633. The van der Waals surface area contributed by atoms with Crippen LogP contribution in [0.25, 0.3) is 23.1 Å². The van der Waals surface area contributed by atoms with E-state index in [2.05, 4.69) is 53.7 Å². The van der Waals surface area contributed by atoms with E-state index in [0.717, 1.165) is 27.7 Å². The Morgan fingerprint density at radius 3 is 2.94 bits per heavy atom. The second-order valence-corrected chi connectivity index (χ2v) is 5.17. The minimum Gasteiger partial charge on any atom is -0.247 e. The van der Waals surface area contributed by atoms with Gasteiger partial charge < -0.3 is 0 Å². The van der Waals surface area contributed by atoms with Gasteiger partial charge in [0.2, 0.25) is 0 Å². The first-order valence-electron chi connectivity index (χ1n) is 5.63. The van der Waals surface area contributed by atoms with E-state index in [4.69, 9.17) is 6.42 Å². The van der Waals surface area contributed by atoms with Crippen LogP contribution in [0, 0.1) is 18.3 Å². The third-order valence-electron chi connectivity index (χ3n) is 3.05.